The van der Waals surface area contributed by atoms with Crippen LogP contribution in [0.1, 0.15) is 22.5 Å². The zero-order chi connectivity index (χ0) is 27.9. The van der Waals surface area contributed by atoms with Crippen molar-refractivity contribution in [2.75, 3.05) is 13.2 Å². The number of pyridine rings is 2. The van der Waals surface area contributed by atoms with Gasteiger partial charge in [-0.3, -0.25) is 0 Å². The van der Waals surface area contributed by atoms with Gasteiger partial charge in [0.05, 0.1) is 23.0 Å². The van der Waals surface area contributed by atoms with Crippen molar-refractivity contribution in [3.63, 3.8) is 0 Å². The molecule has 5 aromatic rings. The van der Waals surface area contributed by atoms with Crippen LogP contribution in [0.4, 0.5) is 0 Å². The van der Waals surface area contributed by atoms with Crippen LogP contribution in [0.25, 0.3) is 21.8 Å². The van der Waals surface area contributed by atoms with Crippen molar-refractivity contribution in [1.82, 2.24) is 9.97 Å². The molecule has 5 rings (SSSR count). The molecule has 10 heteroatoms. The Morgan fingerprint density at radius 2 is 1.00 bits per heavy atom. The zero-order valence-electron chi connectivity index (χ0n) is 22.8. The Labute approximate surface area is 326 Å². The minimum Gasteiger partial charge on any atom is -0.546 e. The Kier molecular flexibility index (Phi) is 13.2. The van der Waals surface area contributed by atoms with Crippen LogP contribution >= 0.6 is 0 Å². The number of ether oxygens (including phenoxy) is 2. The average molecular weight is 605 g/mol. The van der Waals surface area contributed by atoms with Crippen molar-refractivity contribution < 1.29 is 132 Å². The standard InChI is InChI=1S/C32H20N2O6.2K/c35-29(36)19-39-27-5-1-3-21(17-27)7-13-25-15-11-23-9-10-24-12-16-26(34-32(24)31(23)33-25)14-8-22-4-2-6-28(18-22)40-20-30(37)38;;/h1-6,9-12,15-18H,19-20H2,(H,35,36)(H,37,38);;/q;2*+1/p-2. The summed E-state index contributed by atoms with van der Waals surface area (Å²) in [5.41, 5.74) is 3.70. The van der Waals surface area contributed by atoms with E-state index in [1.54, 1.807) is 48.5 Å². The van der Waals surface area contributed by atoms with Gasteiger partial charge >= 0.3 is 103 Å². The van der Waals surface area contributed by atoms with E-state index < -0.39 is 25.2 Å². The molecule has 2 heterocycles. The van der Waals surface area contributed by atoms with Crippen LogP contribution in [0.15, 0.2) is 84.9 Å². The van der Waals surface area contributed by atoms with Gasteiger partial charge in [0.2, 0.25) is 0 Å². The summed E-state index contributed by atoms with van der Waals surface area (Å²) in [4.78, 5) is 30.7. The number of rotatable bonds is 6. The summed E-state index contributed by atoms with van der Waals surface area (Å²) in [7, 11) is 0. The first-order chi connectivity index (χ1) is 19.4. The van der Waals surface area contributed by atoms with E-state index in [-0.39, 0.29) is 103 Å². The predicted octanol–water partition coefficient (Wildman–Crippen LogP) is -4.15. The number of fused-ring (bicyclic) bond motifs is 3. The number of nitrogens with zero attached hydrogens (tertiary/aromatic N) is 2. The zero-order valence-corrected chi connectivity index (χ0v) is 29.1. The maximum Gasteiger partial charge on any atom is 1.00 e. The molecule has 0 bridgehead atoms. The van der Waals surface area contributed by atoms with Gasteiger partial charge in [-0.15, -0.1) is 0 Å². The molecular formula is C32H18K2N2O6. The summed E-state index contributed by atoms with van der Waals surface area (Å²) in [5.74, 6) is 10.3. The Morgan fingerprint density at radius 1 is 0.595 bits per heavy atom. The number of carbonyl (C=O) groups excluding carboxylic acids is 2. The van der Waals surface area contributed by atoms with E-state index in [0.29, 0.717) is 45.0 Å². The number of carboxylic acid groups (broad SMARTS) is 2. The summed E-state index contributed by atoms with van der Waals surface area (Å²) < 4.78 is 10.3. The molecular weight excluding hydrogens is 587 g/mol. The van der Waals surface area contributed by atoms with Crippen LogP contribution in [0.5, 0.6) is 11.5 Å². The monoisotopic (exact) mass is 604 g/mol. The molecule has 0 unspecified atom stereocenters. The number of benzene rings is 3. The Balaban J connectivity index is 0.00000242. The minimum atomic E-state index is -1.30. The maximum absolute atomic E-state index is 10.6. The normalized spacial score (nSPS) is 9.71. The van der Waals surface area contributed by atoms with Crippen molar-refractivity contribution in [2.24, 2.45) is 0 Å². The summed E-state index contributed by atoms with van der Waals surface area (Å²) in [5, 5.41) is 23.1. The molecule has 0 fully saturated rings. The van der Waals surface area contributed by atoms with Crippen LogP contribution in [-0.2, 0) is 9.59 Å². The van der Waals surface area contributed by atoms with E-state index in [1.165, 1.54) is 0 Å². The van der Waals surface area contributed by atoms with Crippen molar-refractivity contribution in [1.29, 1.82) is 0 Å². The third-order valence-corrected chi connectivity index (χ3v) is 5.57. The Bertz CT molecular complexity index is 1770. The number of carbonyl (C=O) groups is 2. The van der Waals surface area contributed by atoms with Gasteiger partial charge < -0.3 is 29.3 Å². The van der Waals surface area contributed by atoms with Crippen LogP contribution in [-0.4, -0.2) is 35.1 Å². The fourth-order valence-electron chi connectivity index (χ4n) is 3.79. The van der Waals surface area contributed by atoms with Gasteiger partial charge in [0, 0.05) is 21.9 Å². The predicted molar refractivity (Wildman–Crippen MR) is 143 cm³/mol. The van der Waals surface area contributed by atoms with Crippen LogP contribution in [0, 0.1) is 23.7 Å². The van der Waals surface area contributed by atoms with E-state index in [9.17, 15) is 19.8 Å². The van der Waals surface area contributed by atoms with E-state index >= 15 is 0 Å². The summed E-state index contributed by atoms with van der Waals surface area (Å²) in [6, 6.07) is 25.0. The molecule has 0 aliphatic carbocycles. The molecule has 3 aromatic carbocycles. The molecule has 0 atom stereocenters. The van der Waals surface area contributed by atoms with E-state index in [2.05, 4.69) is 23.7 Å². The molecule has 0 amide bonds. The number of aromatic nitrogens is 2. The van der Waals surface area contributed by atoms with Gasteiger partial charge in [-0.2, -0.15) is 0 Å². The molecule has 2 aromatic heterocycles. The van der Waals surface area contributed by atoms with Crippen LogP contribution < -0.4 is 122 Å². The number of aliphatic carboxylic acids is 2. The molecule has 8 nitrogen and oxygen atoms in total. The quantitative estimate of drug-likeness (QED) is 0.109. The van der Waals surface area contributed by atoms with E-state index in [4.69, 9.17) is 19.4 Å². The molecule has 0 spiro atoms. The third-order valence-electron chi connectivity index (χ3n) is 5.57. The van der Waals surface area contributed by atoms with Gasteiger partial charge in [-0.25, -0.2) is 9.97 Å². The van der Waals surface area contributed by atoms with Gasteiger partial charge in [0.25, 0.3) is 0 Å². The summed E-state index contributed by atoms with van der Waals surface area (Å²) in [6.07, 6.45) is 0. The molecule has 0 saturated carbocycles. The molecule has 0 N–H and O–H groups in total. The molecule has 0 aliphatic rings. The fourth-order valence-corrected chi connectivity index (χ4v) is 3.79. The minimum absolute atomic E-state index is 0. The first kappa shape index (κ1) is 33.9. The molecule has 0 radical (unpaired) electrons. The first-order valence-corrected chi connectivity index (χ1v) is 12.0. The van der Waals surface area contributed by atoms with Gasteiger partial charge in [-0.05, 0) is 72.5 Å². The van der Waals surface area contributed by atoms with Crippen molar-refractivity contribution in [3.8, 4) is 35.2 Å². The van der Waals surface area contributed by atoms with Crippen molar-refractivity contribution >= 4 is 33.7 Å². The maximum atomic E-state index is 10.6. The largest absolute Gasteiger partial charge is 1.00 e. The fraction of sp³-hybridized carbons (Fsp3) is 0.0625. The van der Waals surface area contributed by atoms with Crippen molar-refractivity contribution in [2.45, 2.75) is 0 Å². The number of carboxylic acids is 2. The Morgan fingerprint density at radius 3 is 1.40 bits per heavy atom. The van der Waals surface area contributed by atoms with Gasteiger partial charge in [-0.1, -0.05) is 36.1 Å². The summed E-state index contributed by atoms with van der Waals surface area (Å²) in [6.45, 7) is -1.08. The second-order valence-corrected chi connectivity index (χ2v) is 8.48. The molecule has 0 aliphatic heterocycles. The van der Waals surface area contributed by atoms with Crippen molar-refractivity contribution in [3.05, 3.63) is 107 Å². The smallest absolute Gasteiger partial charge is 0.546 e. The first-order valence-electron chi connectivity index (χ1n) is 12.0. The van der Waals surface area contributed by atoms with Gasteiger partial charge in [0.15, 0.2) is 0 Å². The molecule has 0 saturated heterocycles. The van der Waals surface area contributed by atoms with Crippen LogP contribution in [0.2, 0.25) is 0 Å². The average Bonchev–Trinajstić information content (AvgIpc) is 2.97. The van der Waals surface area contributed by atoms with Gasteiger partial charge in [0.1, 0.15) is 36.1 Å². The number of hydrogen-bond acceptors (Lipinski definition) is 8. The second-order valence-electron chi connectivity index (χ2n) is 8.48. The van der Waals surface area contributed by atoms with E-state index in [1.807, 2.05) is 36.4 Å². The van der Waals surface area contributed by atoms with E-state index in [0.717, 1.165) is 10.8 Å². The molecule has 42 heavy (non-hydrogen) atoms. The summed E-state index contributed by atoms with van der Waals surface area (Å²) >= 11 is 0. The van der Waals surface area contributed by atoms with Crippen LogP contribution in [0.3, 0.4) is 0 Å². The third kappa shape index (κ3) is 9.46. The Hall–Kier alpha value is -2.59. The molecule has 194 valence electrons. The second kappa shape index (κ2) is 16.3. The SMILES string of the molecule is O=C([O-])COc1cccc(C#Cc2ccc3ccc4ccc(C#Cc5cccc(OCC(=O)[O-])c5)nc4c3n2)c1.[K+].[K+]. The number of hydrogen-bond donors (Lipinski definition) is 0. The topological polar surface area (TPSA) is 124 Å².